The van der Waals surface area contributed by atoms with Gasteiger partial charge >= 0.3 is 11.9 Å². The lowest BCUT2D eigenvalue weighted by atomic mass is 9.32. The van der Waals surface area contributed by atoms with Gasteiger partial charge in [-0.3, -0.25) is 9.59 Å². The second-order valence-electron chi connectivity index (χ2n) is 15.8. The number of carbonyl (C=O) groups excluding carboxylic acids is 2. The van der Waals surface area contributed by atoms with Crippen molar-refractivity contribution in [2.24, 2.45) is 56.7 Å². The summed E-state index contributed by atoms with van der Waals surface area (Å²) in [6, 6.07) is 0. The summed E-state index contributed by atoms with van der Waals surface area (Å²) in [5, 5.41) is 0. The third-order valence-corrected chi connectivity index (χ3v) is 14.0. The minimum Gasteiger partial charge on any atom is -0.465 e. The molecule has 0 aromatic rings. The van der Waals surface area contributed by atoms with Gasteiger partial charge in [-0.2, -0.15) is 0 Å². The van der Waals surface area contributed by atoms with Crippen LogP contribution in [0.1, 0.15) is 120 Å². The number of rotatable bonds is 4. The fraction of sp³-hybridized carbons (Fsp3) is 0.882. The third kappa shape index (κ3) is 3.80. The van der Waals surface area contributed by atoms with Crippen LogP contribution in [-0.4, -0.2) is 24.6 Å². The second kappa shape index (κ2) is 9.10. The van der Waals surface area contributed by atoms with Crippen molar-refractivity contribution in [2.45, 2.75) is 126 Å². The first-order valence-corrected chi connectivity index (χ1v) is 15.6. The number of carbonyl (C=O) groups is 2. The lowest BCUT2D eigenvalue weighted by Crippen LogP contribution is -2.67. The summed E-state index contributed by atoms with van der Waals surface area (Å²) in [6.07, 6.45) is 12.0. The van der Waals surface area contributed by atoms with E-state index in [0.717, 1.165) is 12.8 Å². The monoisotopic (exact) mass is 526 g/mol. The number of allylic oxidation sites excluding steroid dienone is 1. The molecule has 0 aromatic carbocycles. The summed E-state index contributed by atoms with van der Waals surface area (Å²) in [5.41, 5.74) is 2.30. The molecule has 3 unspecified atom stereocenters. The molecule has 0 spiro atoms. The molecule has 0 saturated heterocycles. The van der Waals surface area contributed by atoms with Crippen LogP contribution in [0.25, 0.3) is 0 Å². The van der Waals surface area contributed by atoms with Crippen molar-refractivity contribution in [3.05, 3.63) is 12.2 Å². The minimum atomic E-state index is -0.140. The number of ether oxygens (including phenoxy) is 2. The van der Waals surface area contributed by atoms with Gasteiger partial charge in [-0.15, -0.1) is 0 Å². The Bertz CT molecular complexity index is 998. The molecule has 5 aliphatic rings. The maximum atomic E-state index is 11.9. The highest BCUT2D eigenvalue weighted by Crippen LogP contribution is 2.77. The van der Waals surface area contributed by atoms with E-state index in [-0.39, 0.29) is 39.7 Å². The Morgan fingerprint density at radius 2 is 1.47 bits per heavy atom. The van der Waals surface area contributed by atoms with Gasteiger partial charge in [0.25, 0.3) is 0 Å². The number of esters is 2. The van der Waals surface area contributed by atoms with Gasteiger partial charge in [0.15, 0.2) is 0 Å². The first kappa shape index (κ1) is 28.2. The van der Waals surface area contributed by atoms with Crippen LogP contribution in [-0.2, 0) is 19.1 Å². The topological polar surface area (TPSA) is 52.6 Å². The van der Waals surface area contributed by atoms with Gasteiger partial charge in [0.1, 0.15) is 6.10 Å². The van der Waals surface area contributed by atoms with Gasteiger partial charge < -0.3 is 9.47 Å². The van der Waals surface area contributed by atoms with E-state index in [0.29, 0.717) is 41.6 Å². The van der Waals surface area contributed by atoms with Crippen LogP contribution in [0.5, 0.6) is 0 Å². The van der Waals surface area contributed by atoms with Crippen molar-refractivity contribution in [2.75, 3.05) is 6.61 Å². The van der Waals surface area contributed by atoms with E-state index in [4.69, 9.17) is 9.47 Å². The highest BCUT2D eigenvalue weighted by molar-refractivity contribution is 5.66. The summed E-state index contributed by atoms with van der Waals surface area (Å²) in [7, 11) is 0. The molecule has 4 heteroatoms. The third-order valence-electron chi connectivity index (χ3n) is 14.0. The Labute approximate surface area is 232 Å². The van der Waals surface area contributed by atoms with Crippen LogP contribution in [0.2, 0.25) is 0 Å². The molecule has 10 atom stereocenters. The predicted molar refractivity (Wildman–Crippen MR) is 151 cm³/mol. The van der Waals surface area contributed by atoms with E-state index >= 15 is 0 Å². The van der Waals surface area contributed by atoms with Gasteiger partial charge in [-0.25, -0.2) is 0 Å². The number of hydrogen-bond donors (Lipinski definition) is 0. The highest BCUT2D eigenvalue weighted by atomic mass is 16.5. The van der Waals surface area contributed by atoms with Crippen LogP contribution < -0.4 is 0 Å². The average molecular weight is 527 g/mol. The van der Waals surface area contributed by atoms with Crippen LogP contribution in [0.3, 0.4) is 0 Å². The highest BCUT2D eigenvalue weighted by Gasteiger charge is 2.71. The summed E-state index contributed by atoms with van der Waals surface area (Å²) in [6.45, 7) is 23.1. The van der Waals surface area contributed by atoms with Gasteiger partial charge in [-0.1, -0.05) is 46.8 Å². The molecule has 0 aromatic heterocycles. The van der Waals surface area contributed by atoms with E-state index < -0.39 is 0 Å². The van der Waals surface area contributed by atoms with Gasteiger partial charge in [-0.05, 0) is 117 Å². The summed E-state index contributed by atoms with van der Waals surface area (Å²) < 4.78 is 11.7. The molecule has 5 rings (SSSR count). The van der Waals surface area contributed by atoms with Gasteiger partial charge in [0.05, 0.1) is 6.61 Å². The van der Waals surface area contributed by atoms with Crippen molar-refractivity contribution in [1.29, 1.82) is 0 Å². The second-order valence-corrected chi connectivity index (χ2v) is 15.8. The summed E-state index contributed by atoms with van der Waals surface area (Å²) in [4.78, 5) is 23.8. The summed E-state index contributed by atoms with van der Waals surface area (Å²) in [5.74, 6) is 2.76. The SMILES string of the molecule is C=C(C)C1CC[C@]2(COC(C)=O)CC[C@]3(C)[C@H](CC[C@@H]4[C@@]5(C)CC[C@H](OC(C)=O)C(C)(C)C5CC[C@]43C)C12. The van der Waals surface area contributed by atoms with E-state index in [1.807, 2.05) is 0 Å². The number of hydrogen-bond acceptors (Lipinski definition) is 4. The molecule has 5 aliphatic carbocycles. The zero-order valence-electron chi connectivity index (χ0n) is 25.6. The molecule has 4 nitrogen and oxygen atoms in total. The fourth-order valence-corrected chi connectivity index (χ4v) is 12.2. The molecular formula is C34H54O4. The maximum Gasteiger partial charge on any atom is 0.302 e. The molecule has 0 aliphatic heterocycles. The van der Waals surface area contributed by atoms with Gasteiger partial charge in [0, 0.05) is 24.7 Å². The van der Waals surface area contributed by atoms with E-state index in [1.54, 1.807) is 13.8 Å². The molecule has 5 saturated carbocycles. The largest absolute Gasteiger partial charge is 0.465 e. The molecule has 0 bridgehead atoms. The molecule has 5 fully saturated rings. The standard InChI is InChI=1S/C34H54O4/c1-21(2)24-12-17-34(20-37-22(3)35)19-18-32(8)25(29(24)34)10-11-27-31(7)15-14-28(38-23(4)36)30(5,6)26(31)13-16-33(27,32)9/h24-29H,1,10-20H2,2-9H3/t24?,25-,26?,27-,28+,29?,31+,32-,33-,34-/m1/s1. The Hall–Kier alpha value is -1.32. The van der Waals surface area contributed by atoms with Crippen LogP contribution in [0.4, 0.5) is 0 Å². The molecule has 38 heavy (non-hydrogen) atoms. The van der Waals surface area contributed by atoms with Crippen molar-refractivity contribution < 1.29 is 19.1 Å². The first-order chi connectivity index (χ1) is 17.6. The Morgan fingerprint density at radius 1 is 0.763 bits per heavy atom. The van der Waals surface area contributed by atoms with Crippen molar-refractivity contribution in [1.82, 2.24) is 0 Å². The van der Waals surface area contributed by atoms with Crippen LogP contribution in [0.15, 0.2) is 12.2 Å². The van der Waals surface area contributed by atoms with Crippen LogP contribution >= 0.6 is 0 Å². The Morgan fingerprint density at radius 3 is 2.11 bits per heavy atom. The van der Waals surface area contributed by atoms with Crippen molar-refractivity contribution in [3.63, 3.8) is 0 Å². The Kier molecular flexibility index (Phi) is 6.76. The quantitative estimate of drug-likeness (QED) is 0.274. The van der Waals surface area contributed by atoms with E-state index in [2.05, 4.69) is 48.1 Å². The van der Waals surface area contributed by atoms with Crippen molar-refractivity contribution >= 4 is 11.9 Å². The smallest absolute Gasteiger partial charge is 0.302 e. The lowest BCUT2D eigenvalue weighted by molar-refractivity contribution is -0.252. The fourth-order valence-electron chi connectivity index (χ4n) is 12.2. The van der Waals surface area contributed by atoms with E-state index in [1.165, 1.54) is 56.9 Å². The molecule has 0 N–H and O–H groups in total. The predicted octanol–water partition coefficient (Wildman–Crippen LogP) is 8.14. The number of fused-ring (bicyclic) bond motifs is 7. The average Bonchev–Trinajstić information content (AvgIpc) is 3.20. The molecule has 0 heterocycles. The molecule has 0 amide bonds. The zero-order chi connectivity index (χ0) is 27.9. The zero-order valence-corrected chi connectivity index (χ0v) is 25.6. The normalized spacial score (nSPS) is 49.1. The maximum absolute atomic E-state index is 11.9. The summed E-state index contributed by atoms with van der Waals surface area (Å²) >= 11 is 0. The lowest BCUT2D eigenvalue weighted by Gasteiger charge is -2.73. The van der Waals surface area contributed by atoms with Crippen molar-refractivity contribution in [3.8, 4) is 0 Å². The minimum absolute atomic E-state index is 0.00000109. The van der Waals surface area contributed by atoms with Crippen LogP contribution in [0, 0.1) is 56.7 Å². The van der Waals surface area contributed by atoms with E-state index in [9.17, 15) is 9.59 Å². The Balaban J connectivity index is 1.49. The molecular weight excluding hydrogens is 472 g/mol. The molecule has 0 radical (unpaired) electrons. The first-order valence-electron chi connectivity index (χ1n) is 15.6. The molecule has 214 valence electrons. The van der Waals surface area contributed by atoms with Gasteiger partial charge in [0.2, 0.25) is 0 Å².